The molecule has 1 aromatic heterocycles. The summed E-state index contributed by atoms with van der Waals surface area (Å²) in [6, 6.07) is 4.57. The molecular weight excluding hydrogens is 305 g/mol. The Kier molecular flexibility index (Phi) is 4.10. The number of thioether (sulfide) groups is 1. The smallest absolute Gasteiger partial charge is 0.182 e. The molecule has 1 aliphatic heterocycles. The fraction of sp³-hybridized carbons (Fsp3) is 0.214. The normalized spacial score (nSPS) is 16.3. The van der Waals surface area contributed by atoms with E-state index in [4.69, 9.17) is 4.74 Å². The van der Waals surface area contributed by atoms with Gasteiger partial charge in [0, 0.05) is 30.6 Å². The lowest BCUT2D eigenvalue weighted by molar-refractivity contribution is 0.386. The highest BCUT2D eigenvalue weighted by Crippen LogP contribution is 2.24. The molecule has 22 heavy (non-hydrogen) atoms. The molecule has 0 unspecified atom stereocenters. The number of amidine groups is 1. The predicted molar refractivity (Wildman–Crippen MR) is 85.4 cm³/mol. The van der Waals surface area contributed by atoms with E-state index in [9.17, 15) is 4.39 Å². The second-order valence-corrected chi connectivity index (χ2v) is 5.56. The Morgan fingerprint density at radius 3 is 2.91 bits per heavy atom. The van der Waals surface area contributed by atoms with E-state index in [0.717, 1.165) is 11.3 Å². The predicted octanol–water partition coefficient (Wildman–Crippen LogP) is 2.30. The van der Waals surface area contributed by atoms with Crippen molar-refractivity contribution in [3.05, 3.63) is 42.0 Å². The van der Waals surface area contributed by atoms with E-state index in [1.54, 1.807) is 23.0 Å². The average Bonchev–Trinajstić information content (AvgIpc) is 2.95. The molecule has 0 atom stereocenters. The Bertz CT molecular complexity index is 755. The summed E-state index contributed by atoms with van der Waals surface area (Å²) in [5.41, 5.74) is 5.26. The van der Waals surface area contributed by atoms with Gasteiger partial charge in [-0.3, -0.25) is 10.1 Å². The summed E-state index contributed by atoms with van der Waals surface area (Å²) >= 11 is 1.50. The number of halogens is 1. The van der Waals surface area contributed by atoms with E-state index < -0.39 is 5.82 Å². The van der Waals surface area contributed by atoms with Crippen molar-refractivity contribution < 1.29 is 9.13 Å². The second-order valence-electron chi connectivity index (χ2n) is 4.60. The summed E-state index contributed by atoms with van der Waals surface area (Å²) in [6.45, 7) is 0. The molecule has 0 saturated carbocycles. The molecule has 6 nitrogen and oxygen atoms in total. The quantitative estimate of drug-likeness (QED) is 0.943. The monoisotopic (exact) mass is 319 g/mol. The Labute approximate surface area is 131 Å². The van der Waals surface area contributed by atoms with Gasteiger partial charge in [0.15, 0.2) is 16.7 Å². The van der Waals surface area contributed by atoms with E-state index in [1.807, 2.05) is 13.2 Å². The number of nitrogens with zero attached hydrogens (tertiary/aromatic N) is 4. The fourth-order valence-corrected chi connectivity index (χ4v) is 2.72. The van der Waals surface area contributed by atoms with Crippen LogP contribution in [0.2, 0.25) is 0 Å². The molecule has 1 N–H and O–H groups in total. The standard InChI is InChI=1S/C14H14FN5OS/c1-20-7-9(6-16-20)12-8-22-14(19-18-12)17-10-3-4-13(21-2)11(15)5-10/h3-7H,8H2,1-2H3,(H,17,19). The molecule has 2 heterocycles. The van der Waals surface area contributed by atoms with Crippen molar-refractivity contribution in [1.82, 2.24) is 15.2 Å². The average molecular weight is 319 g/mol. The van der Waals surface area contributed by atoms with Gasteiger partial charge in [0.05, 0.1) is 24.7 Å². The van der Waals surface area contributed by atoms with Gasteiger partial charge in [-0.05, 0) is 12.1 Å². The maximum Gasteiger partial charge on any atom is 0.182 e. The van der Waals surface area contributed by atoms with Crippen molar-refractivity contribution in [2.24, 2.45) is 17.1 Å². The zero-order chi connectivity index (χ0) is 15.5. The molecule has 0 amide bonds. The number of ether oxygens (including phenoxy) is 1. The Morgan fingerprint density at radius 1 is 1.45 bits per heavy atom. The van der Waals surface area contributed by atoms with Crippen molar-refractivity contribution in [2.45, 2.75) is 0 Å². The number of hydrogen-bond acceptors (Lipinski definition) is 5. The van der Waals surface area contributed by atoms with Crippen LogP contribution in [0.15, 0.2) is 40.7 Å². The first-order valence-electron chi connectivity index (χ1n) is 6.52. The van der Waals surface area contributed by atoms with Crippen LogP contribution >= 0.6 is 11.8 Å². The number of methoxy groups -OCH3 is 1. The van der Waals surface area contributed by atoms with Gasteiger partial charge in [0.25, 0.3) is 0 Å². The highest BCUT2D eigenvalue weighted by molar-refractivity contribution is 8.14. The molecule has 0 fully saturated rings. The van der Waals surface area contributed by atoms with Gasteiger partial charge >= 0.3 is 0 Å². The first kappa shape index (κ1) is 14.6. The van der Waals surface area contributed by atoms with Crippen LogP contribution in [-0.2, 0) is 7.05 Å². The third-order valence-electron chi connectivity index (χ3n) is 3.04. The van der Waals surface area contributed by atoms with Crippen LogP contribution in [0.1, 0.15) is 5.56 Å². The molecule has 0 bridgehead atoms. The summed E-state index contributed by atoms with van der Waals surface area (Å²) in [4.78, 5) is 4.33. The van der Waals surface area contributed by atoms with Gasteiger partial charge in [-0.25, -0.2) is 9.38 Å². The van der Waals surface area contributed by atoms with Crippen molar-refractivity contribution in [3.8, 4) is 5.75 Å². The minimum atomic E-state index is -0.440. The number of hydrazone groups is 1. The minimum Gasteiger partial charge on any atom is -0.494 e. The van der Waals surface area contributed by atoms with Crippen molar-refractivity contribution in [1.29, 1.82) is 0 Å². The maximum atomic E-state index is 13.6. The Morgan fingerprint density at radius 2 is 2.32 bits per heavy atom. The third-order valence-corrected chi connectivity index (χ3v) is 3.91. The fourth-order valence-electron chi connectivity index (χ4n) is 1.93. The summed E-state index contributed by atoms with van der Waals surface area (Å²) in [5.74, 6) is 0.436. The third kappa shape index (κ3) is 3.11. The van der Waals surface area contributed by atoms with Gasteiger partial charge in [-0.1, -0.05) is 11.8 Å². The van der Waals surface area contributed by atoms with Gasteiger partial charge in [-0.2, -0.15) is 10.2 Å². The molecule has 114 valence electrons. The van der Waals surface area contributed by atoms with Gasteiger partial charge in [0.2, 0.25) is 0 Å². The van der Waals surface area contributed by atoms with Gasteiger partial charge in [0.1, 0.15) is 0 Å². The van der Waals surface area contributed by atoms with Gasteiger partial charge in [-0.15, -0.1) is 0 Å². The molecule has 0 saturated heterocycles. The molecule has 3 rings (SSSR count). The number of aryl methyl sites for hydroxylation is 1. The van der Waals surface area contributed by atoms with Crippen molar-refractivity contribution in [3.63, 3.8) is 0 Å². The van der Waals surface area contributed by atoms with E-state index in [1.165, 1.54) is 24.9 Å². The second kappa shape index (κ2) is 6.18. The molecular formula is C14H14FN5OS. The SMILES string of the molecule is COc1ccc(N=C2NN=C(c3cnn(C)c3)CS2)cc1F. The highest BCUT2D eigenvalue weighted by Gasteiger charge is 2.14. The van der Waals surface area contributed by atoms with Crippen molar-refractivity contribution >= 4 is 28.3 Å². The van der Waals surface area contributed by atoms with E-state index in [-0.39, 0.29) is 5.75 Å². The lowest BCUT2D eigenvalue weighted by Gasteiger charge is -2.13. The zero-order valence-corrected chi connectivity index (χ0v) is 12.9. The number of benzene rings is 1. The first-order chi connectivity index (χ1) is 10.7. The lowest BCUT2D eigenvalue weighted by atomic mass is 10.2. The summed E-state index contributed by atoms with van der Waals surface area (Å²) < 4.78 is 20.2. The summed E-state index contributed by atoms with van der Waals surface area (Å²) in [7, 11) is 3.29. The number of rotatable bonds is 3. The van der Waals surface area contributed by atoms with Gasteiger partial charge < -0.3 is 4.74 Å². The van der Waals surface area contributed by atoms with E-state index >= 15 is 0 Å². The van der Waals surface area contributed by atoms with Crippen LogP contribution in [-0.4, -0.2) is 33.5 Å². The number of nitrogens with one attached hydrogen (secondary N) is 1. The summed E-state index contributed by atoms with van der Waals surface area (Å²) in [6.07, 6.45) is 3.67. The van der Waals surface area contributed by atoms with E-state index in [0.29, 0.717) is 16.6 Å². The molecule has 1 aliphatic rings. The van der Waals surface area contributed by atoms with Crippen LogP contribution in [0.3, 0.4) is 0 Å². The van der Waals surface area contributed by atoms with Crippen LogP contribution in [0.25, 0.3) is 0 Å². The van der Waals surface area contributed by atoms with E-state index in [2.05, 4.69) is 20.6 Å². The van der Waals surface area contributed by atoms with Crippen molar-refractivity contribution in [2.75, 3.05) is 12.9 Å². The first-order valence-corrected chi connectivity index (χ1v) is 7.51. The van der Waals surface area contributed by atoms with Crippen LogP contribution < -0.4 is 10.2 Å². The molecule has 0 spiro atoms. The number of aliphatic imine (C=N–C) groups is 1. The van der Waals surface area contributed by atoms with Crippen LogP contribution in [0, 0.1) is 5.82 Å². The molecule has 2 aromatic rings. The topological polar surface area (TPSA) is 63.8 Å². The molecule has 0 radical (unpaired) electrons. The summed E-state index contributed by atoms with van der Waals surface area (Å²) in [5, 5.41) is 9.03. The largest absolute Gasteiger partial charge is 0.494 e. The zero-order valence-electron chi connectivity index (χ0n) is 12.1. The number of hydrogen-bond donors (Lipinski definition) is 1. The molecule has 1 aromatic carbocycles. The highest BCUT2D eigenvalue weighted by atomic mass is 32.2. The lowest BCUT2D eigenvalue weighted by Crippen LogP contribution is -2.24. The Hall–Kier alpha value is -2.35. The minimum absolute atomic E-state index is 0.199. The van der Waals surface area contributed by atoms with Crippen LogP contribution in [0.4, 0.5) is 10.1 Å². The molecule has 0 aliphatic carbocycles. The Balaban J connectivity index is 1.75. The van der Waals surface area contributed by atoms with Crippen LogP contribution in [0.5, 0.6) is 5.75 Å². The number of aromatic nitrogens is 2. The maximum absolute atomic E-state index is 13.6. The molecule has 8 heteroatoms.